The van der Waals surface area contributed by atoms with E-state index in [1.165, 1.54) is 5.56 Å². The van der Waals surface area contributed by atoms with E-state index in [1.807, 2.05) is 36.9 Å². The molecule has 0 saturated heterocycles. The standard InChI is InChI=1S/C24H29N3O3/c1-17(26(2)3)22(27-12-11-25-16-27)20-6-5-19-14-21(8-7-18(19)13-20)30-15-24(23(28)29)9-4-10-24/h5-8,11-14,16-17,22H,4,9-10,15H2,1-3H3,(H,28,29). The summed E-state index contributed by atoms with van der Waals surface area (Å²) in [6.45, 7) is 2.44. The molecule has 6 heteroatoms. The van der Waals surface area contributed by atoms with Gasteiger partial charge in [-0.3, -0.25) is 4.79 Å². The second-order valence-electron chi connectivity index (χ2n) is 8.66. The summed E-state index contributed by atoms with van der Waals surface area (Å²) >= 11 is 0. The highest BCUT2D eigenvalue weighted by Gasteiger charge is 2.45. The number of fused-ring (bicyclic) bond motifs is 1. The number of aliphatic carboxylic acids is 1. The second-order valence-corrected chi connectivity index (χ2v) is 8.66. The summed E-state index contributed by atoms with van der Waals surface area (Å²) in [6.07, 6.45) is 8.03. The normalized spacial score (nSPS) is 17.5. The molecule has 1 aliphatic rings. The molecule has 1 fully saturated rings. The van der Waals surface area contributed by atoms with Crippen molar-refractivity contribution in [2.24, 2.45) is 5.41 Å². The molecule has 4 rings (SSSR count). The number of aromatic nitrogens is 2. The van der Waals surface area contributed by atoms with Gasteiger partial charge in [-0.1, -0.05) is 24.6 Å². The third-order valence-corrected chi connectivity index (χ3v) is 6.57. The molecule has 0 aliphatic heterocycles. The van der Waals surface area contributed by atoms with E-state index >= 15 is 0 Å². The fraction of sp³-hybridized carbons (Fsp3) is 0.417. The lowest BCUT2D eigenvalue weighted by Gasteiger charge is -2.37. The number of likely N-dealkylation sites (N-methyl/N-ethyl adjacent to an activating group) is 1. The minimum absolute atomic E-state index is 0.150. The van der Waals surface area contributed by atoms with Crippen LogP contribution in [0.15, 0.2) is 55.1 Å². The van der Waals surface area contributed by atoms with E-state index in [0.717, 1.165) is 22.9 Å². The van der Waals surface area contributed by atoms with Gasteiger partial charge in [0.2, 0.25) is 0 Å². The molecule has 1 N–H and O–H groups in total. The van der Waals surface area contributed by atoms with Crippen LogP contribution in [0.1, 0.15) is 37.8 Å². The van der Waals surface area contributed by atoms with Gasteiger partial charge in [0.25, 0.3) is 0 Å². The molecule has 1 aliphatic carbocycles. The maximum Gasteiger partial charge on any atom is 0.313 e. The number of carbonyl (C=O) groups is 1. The molecule has 2 unspecified atom stereocenters. The summed E-state index contributed by atoms with van der Waals surface area (Å²) in [6, 6.07) is 12.9. The van der Waals surface area contributed by atoms with Crippen molar-refractivity contribution < 1.29 is 14.6 Å². The minimum Gasteiger partial charge on any atom is -0.492 e. The van der Waals surface area contributed by atoms with Crippen LogP contribution in [0.4, 0.5) is 0 Å². The van der Waals surface area contributed by atoms with Gasteiger partial charge in [0.05, 0.1) is 12.4 Å². The summed E-state index contributed by atoms with van der Waals surface area (Å²) in [7, 11) is 4.18. The van der Waals surface area contributed by atoms with Gasteiger partial charge >= 0.3 is 5.97 Å². The van der Waals surface area contributed by atoms with Crippen LogP contribution in [0.5, 0.6) is 5.75 Å². The predicted molar refractivity (Wildman–Crippen MR) is 117 cm³/mol. The van der Waals surface area contributed by atoms with Crippen LogP contribution in [0.25, 0.3) is 10.8 Å². The third kappa shape index (κ3) is 3.79. The highest BCUT2D eigenvalue weighted by Crippen LogP contribution is 2.41. The maximum absolute atomic E-state index is 11.5. The van der Waals surface area contributed by atoms with Crippen molar-refractivity contribution in [2.45, 2.75) is 38.3 Å². The number of carboxylic acid groups (broad SMARTS) is 1. The summed E-state index contributed by atoms with van der Waals surface area (Å²) in [5.41, 5.74) is 0.508. The lowest BCUT2D eigenvalue weighted by molar-refractivity contribution is -0.157. The molecule has 0 radical (unpaired) electrons. The molecule has 3 aromatic rings. The summed E-state index contributed by atoms with van der Waals surface area (Å²) in [5, 5.41) is 11.7. The van der Waals surface area contributed by atoms with Crippen LogP contribution in [-0.2, 0) is 4.79 Å². The van der Waals surface area contributed by atoms with Gasteiger partial charge in [-0.15, -0.1) is 0 Å². The Kier molecular flexibility index (Phi) is 5.52. The quantitative estimate of drug-likeness (QED) is 0.606. The molecular weight excluding hydrogens is 378 g/mol. The van der Waals surface area contributed by atoms with Gasteiger partial charge in [-0.2, -0.15) is 0 Å². The van der Waals surface area contributed by atoms with Gasteiger partial charge in [-0.05, 0) is 68.4 Å². The molecule has 0 bridgehead atoms. The van der Waals surface area contributed by atoms with E-state index < -0.39 is 11.4 Å². The fourth-order valence-corrected chi connectivity index (χ4v) is 4.18. The zero-order valence-corrected chi connectivity index (χ0v) is 17.8. The Hall–Kier alpha value is -2.86. The van der Waals surface area contributed by atoms with Crippen molar-refractivity contribution in [3.63, 3.8) is 0 Å². The number of rotatable bonds is 8. The monoisotopic (exact) mass is 407 g/mol. The molecule has 1 saturated carbocycles. The lowest BCUT2D eigenvalue weighted by Crippen LogP contribution is -2.43. The molecule has 0 spiro atoms. The predicted octanol–water partition coefficient (Wildman–Crippen LogP) is 4.21. The van der Waals surface area contributed by atoms with E-state index in [1.54, 1.807) is 0 Å². The smallest absolute Gasteiger partial charge is 0.313 e. The Morgan fingerprint density at radius 1 is 1.23 bits per heavy atom. The molecule has 1 aromatic heterocycles. The molecule has 30 heavy (non-hydrogen) atoms. The molecule has 1 heterocycles. The topological polar surface area (TPSA) is 67.6 Å². The van der Waals surface area contributed by atoms with Gasteiger partial charge < -0.3 is 19.3 Å². The van der Waals surface area contributed by atoms with E-state index in [2.05, 4.69) is 53.7 Å². The zero-order valence-electron chi connectivity index (χ0n) is 17.8. The average molecular weight is 408 g/mol. The Morgan fingerprint density at radius 3 is 2.57 bits per heavy atom. The lowest BCUT2D eigenvalue weighted by atomic mass is 9.69. The van der Waals surface area contributed by atoms with Crippen LogP contribution in [0.2, 0.25) is 0 Å². The third-order valence-electron chi connectivity index (χ3n) is 6.57. The van der Waals surface area contributed by atoms with E-state index in [-0.39, 0.29) is 18.7 Å². The zero-order chi connectivity index (χ0) is 21.3. The molecule has 6 nitrogen and oxygen atoms in total. The largest absolute Gasteiger partial charge is 0.492 e. The van der Waals surface area contributed by atoms with E-state index in [4.69, 9.17) is 4.74 Å². The summed E-state index contributed by atoms with van der Waals surface area (Å²) < 4.78 is 8.04. The van der Waals surface area contributed by atoms with Crippen LogP contribution in [0, 0.1) is 5.41 Å². The van der Waals surface area contributed by atoms with E-state index in [9.17, 15) is 9.90 Å². The highest BCUT2D eigenvalue weighted by atomic mass is 16.5. The van der Waals surface area contributed by atoms with E-state index in [0.29, 0.717) is 12.8 Å². The number of hydrogen-bond acceptors (Lipinski definition) is 4. The maximum atomic E-state index is 11.5. The van der Waals surface area contributed by atoms with Crippen molar-refractivity contribution in [2.75, 3.05) is 20.7 Å². The first-order chi connectivity index (χ1) is 14.4. The minimum atomic E-state index is -0.750. The fourth-order valence-electron chi connectivity index (χ4n) is 4.18. The number of imidazole rings is 1. The van der Waals surface area contributed by atoms with Gasteiger partial charge in [0, 0.05) is 18.4 Å². The molecule has 2 atom stereocenters. The van der Waals surface area contributed by atoms with Crippen molar-refractivity contribution in [3.05, 3.63) is 60.7 Å². The van der Waals surface area contributed by atoms with Crippen LogP contribution in [0.3, 0.4) is 0 Å². The summed E-state index contributed by atoms with van der Waals surface area (Å²) in [5.74, 6) is -0.0321. The Balaban J connectivity index is 1.59. The van der Waals surface area contributed by atoms with Crippen LogP contribution in [-0.4, -0.2) is 52.3 Å². The van der Waals surface area contributed by atoms with Crippen LogP contribution >= 0.6 is 0 Å². The second kappa shape index (κ2) is 8.11. The Morgan fingerprint density at radius 2 is 1.97 bits per heavy atom. The number of ether oxygens (including phenoxy) is 1. The average Bonchev–Trinajstić information content (AvgIpc) is 3.21. The highest BCUT2D eigenvalue weighted by molar-refractivity contribution is 5.84. The SMILES string of the molecule is CC(C(c1ccc2cc(OCC3(C(=O)O)CCC3)ccc2c1)n1ccnc1)N(C)C. The van der Waals surface area contributed by atoms with Crippen molar-refractivity contribution in [1.29, 1.82) is 0 Å². The number of carboxylic acids is 1. The molecular formula is C24H29N3O3. The number of nitrogens with zero attached hydrogens (tertiary/aromatic N) is 3. The first-order valence-electron chi connectivity index (χ1n) is 10.4. The first kappa shape index (κ1) is 20.4. The van der Waals surface area contributed by atoms with Gasteiger partial charge in [-0.25, -0.2) is 4.98 Å². The first-order valence-corrected chi connectivity index (χ1v) is 10.4. The van der Waals surface area contributed by atoms with Crippen molar-refractivity contribution >= 4 is 16.7 Å². The van der Waals surface area contributed by atoms with Gasteiger partial charge in [0.1, 0.15) is 17.8 Å². The van der Waals surface area contributed by atoms with Gasteiger partial charge in [0.15, 0.2) is 0 Å². The molecule has 0 amide bonds. The van der Waals surface area contributed by atoms with Crippen molar-refractivity contribution in [3.8, 4) is 5.75 Å². The van der Waals surface area contributed by atoms with Crippen LogP contribution < -0.4 is 4.74 Å². The summed E-state index contributed by atoms with van der Waals surface area (Å²) in [4.78, 5) is 18.0. The molecule has 158 valence electrons. The Bertz CT molecular complexity index is 1030. The number of benzene rings is 2. The molecule has 2 aromatic carbocycles. The van der Waals surface area contributed by atoms with Crippen molar-refractivity contribution in [1.82, 2.24) is 14.5 Å². The Labute approximate surface area is 177 Å². The number of hydrogen-bond donors (Lipinski definition) is 1.